The van der Waals surface area contributed by atoms with Gasteiger partial charge >= 0.3 is 0 Å². The highest BCUT2D eigenvalue weighted by atomic mass is 15.0. The largest absolute Gasteiger partial charge is 0.397 e. The van der Waals surface area contributed by atoms with Crippen molar-refractivity contribution in [2.45, 2.75) is 6.42 Å². The van der Waals surface area contributed by atoms with Crippen LogP contribution in [0.3, 0.4) is 0 Å². The fourth-order valence-corrected chi connectivity index (χ4v) is 1.89. The SMILES string of the molecule is Cn1c(CCN)cc2cccc(N)c21. The molecule has 0 spiro atoms. The van der Waals surface area contributed by atoms with Gasteiger partial charge in [0.2, 0.25) is 0 Å². The molecule has 0 bridgehead atoms. The maximum atomic E-state index is 5.91. The number of aryl methyl sites for hydroxylation is 1. The summed E-state index contributed by atoms with van der Waals surface area (Å²) < 4.78 is 2.12. The fourth-order valence-electron chi connectivity index (χ4n) is 1.89. The number of nitrogen functional groups attached to an aromatic ring is 1. The fraction of sp³-hybridized carbons (Fsp3) is 0.273. The molecule has 2 aromatic rings. The van der Waals surface area contributed by atoms with Crippen molar-refractivity contribution in [2.75, 3.05) is 12.3 Å². The zero-order valence-corrected chi connectivity index (χ0v) is 8.33. The molecule has 3 nitrogen and oxygen atoms in total. The molecule has 0 fully saturated rings. The summed E-state index contributed by atoms with van der Waals surface area (Å²) in [6, 6.07) is 8.13. The Morgan fingerprint density at radius 2 is 2.14 bits per heavy atom. The number of anilines is 1. The molecule has 74 valence electrons. The highest BCUT2D eigenvalue weighted by Gasteiger charge is 2.06. The average molecular weight is 189 g/mol. The Labute approximate surface area is 83.3 Å². The summed E-state index contributed by atoms with van der Waals surface area (Å²) in [7, 11) is 2.03. The van der Waals surface area contributed by atoms with E-state index in [0.717, 1.165) is 17.6 Å². The molecule has 0 atom stereocenters. The van der Waals surface area contributed by atoms with E-state index in [1.54, 1.807) is 0 Å². The first-order valence-electron chi connectivity index (χ1n) is 4.77. The first-order valence-corrected chi connectivity index (χ1v) is 4.77. The van der Waals surface area contributed by atoms with Crippen molar-refractivity contribution < 1.29 is 0 Å². The van der Waals surface area contributed by atoms with Crippen molar-refractivity contribution in [1.82, 2.24) is 4.57 Å². The first kappa shape index (κ1) is 9.09. The average Bonchev–Trinajstić information content (AvgIpc) is 2.46. The number of para-hydroxylation sites is 1. The van der Waals surface area contributed by atoms with Gasteiger partial charge in [0, 0.05) is 18.1 Å². The summed E-state index contributed by atoms with van der Waals surface area (Å²) in [6.45, 7) is 0.671. The second-order valence-corrected chi connectivity index (χ2v) is 3.52. The Hall–Kier alpha value is -1.48. The summed E-state index contributed by atoms with van der Waals surface area (Å²) >= 11 is 0. The Balaban J connectivity index is 2.68. The smallest absolute Gasteiger partial charge is 0.0713 e. The number of nitrogens with two attached hydrogens (primary N) is 2. The topological polar surface area (TPSA) is 57.0 Å². The molecule has 1 heterocycles. The Morgan fingerprint density at radius 3 is 2.79 bits per heavy atom. The minimum atomic E-state index is 0.671. The van der Waals surface area contributed by atoms with Crippen LogP contribution >= 0.6 is 0 Å². The summed E-state index contributed by atoms with van der Waals surface area (Å²) in [4.78, 5) is 0. The Morgan fingerprint density at radius 1 is 1.36 bits per heavy atom. The minimum absolute atomic E-state index is 0.671. The molecule has 4 N–H and O–H groups in total. The zero-order chi connectivity index (χ0) is 10.1. The molecule has 0 saturated heterocycles. The first-order chi connectivity index (χ1) is 6.74. The van der Waals surface area contributed by atoms with Gasteiger partial charge in [-0.25, -0.2) is 0 Å². The molecule has 2 rings (SSSR count). The van der Waals surface area contributed by atoms with Crippen LogP contribution in [0.1, 0.15) is 5.69 Å². The van der Waals surface area contributed by atoms with E-state index in [4.69, 9.17) is 11.5 Å². The van der Waals surface area contributed by atoms with Crippen LogP contribution in [-0.2, 0) is 13.5 Å². The quantitative estimate of drug-likeness (QED) is 0.699. The van der Waals surface area contributed by atoms with Crippen molar-refractivity contribution in [2.24, 2.45) is 12.8 Å². The Bertz CT molecular complexity index is 457. The molecule has 0 saturated carbocycles. The monoisotopic (exact) mass is 189 g/mol. The molecule has 0 amide bonds. The van der Waals surface area contributed by atoms with Gasteiger partial charge in [0.1, 0.15) is 0 Å². The maximum absolute atomic E-state index is 5.91. The molecule has 3 heteroatoms. The van der Waals surface area contributed by atoms with Crippen molar-refractivity contribution in [3.8, 4) is 0 Å². The van der Waals surface area contributed by atoms with Gasteiger partial charge in [-0.2, -0.15) is 0 Å². The van der Waals surface area contributed by atoms with Gasteiger partial charge < -0.3 is 16.0 Å². The summed E-state index contributed by atoms with van der Waals surface area (Å²) in [5.41, 5.74) is 14.6. The second-order valence-electron chi connectivity index (χ2n) is 3.52. The maximum Gasteiger partial charge on any atom is 0.0713 e. The van der Waals surface area contributed by atoms with Crippen LogP contribution in [0.15, 0.2) is 24.3 Å². The standard InChI is InChI=1S/C11H15N3/c1-14-9(5-6-12)7-8-3-2-4-10(13)11(8)14/h2-4,7H,5-6,12-13H2,1H3. The van der Waals surface area contributed by atoms with E-state index in [-0.39, 0.29) is 0 Å². The van der Waals surface area contributed by atoms with E-state index in [2.05, 4.69) is 16.7 Å². The van der Waals surface area contributed by atoms with Crippen molar-refractivity contribution >= 4 is 16.6 Å². The van der Waals surface area contributed by atoms with Crippen LogP contribution in [0.2, 0.25) is 0 Å². The molecular formula is C11H15N3. The van der Waals surface area contributed by atoms with Crippen molar-refractivity contribution in [3.05, 3.63) is 30.0 Å². The lowest BCUT2D eigenvalue weighted by atomic mass is 10.2. The summed E-state index contributed by atoms with van der Waals surface area (Å²) in [6.07, 6.45) is 0.893. The molecule has 0 unspecified atom stereocenters. The predicted molar refractivity (Wildman–Crippen MR) is 60.1 cm³/mol. The number of aromatic nitrogens is 1. The van der Waals surface area contributed by atoms with E-state index in [1.165, 1.54) is 11.1 Å². The van der Waals surface area contributed by atoms with Crippen LogP contribution < -0.4 is 11.5 Å². The third-order valence-corrected chi connectivity index (χ3v) is 2.59. The lowest BCUT2D eigenvalue weighted by Gasteiger charge is -2.03. The van der Waals surface area contributed by atoms with Gasteiger partial charge in [-0.1, -0.05) is 12.1 Å². The normalized spacial score (nSPS) is 11.0. The third kappa shape index (κ3) is 1.26. The molecule has 0 aliphatic rings. The highest BCUT2D eigenvalue weighted by molar-refractivity contribution is 5.91. The van der Waals surface area contributed by atoms with Gasteiger partial charge in [0.05, 0.1) is 11.2 Å². The number of hydrogen-bond acceptors (Lipinski definition) is 2. The van der Waals surface area contributed by atoms with E-state index < -0.39 is 0 Å². The van der Waals surface area contributed by atoms with Crippen LogP contribution in [-0.4, -0.2) is 11.1 Å². The van der Waals surface area contributed by atoms with Crippen LogP contribution in [0.25, 0.3) is 10.9 Å². The molecule has 1 aromatic heterocycles. The van der Waals surface area contributed by atoms with Gasteiger partial charge in [0.15, 0.2) is 0 Å². The lowest BCUT2D eigenvalue weighted by molar-refractivity contribution is 0.828. The lowest BCUT2D eigenvalue weighted by Crippen LogP contribution is -2.06. The summed E-state index contributed by atoms with van der Waals surface area (Å²) in [5.74, 6) is 0. The summed E-state index contributed by atoms with van der Waals surface area (Å²) in [5, 5.41) is 1.19. The number of benzene rings is 1. The highest BCUT2D eigenvalue weighted by Crippen LogP contribution is 2.24. The molecule has 0 aliphatic heterocycles. The van der Waals surface area contributed by atoms with E-state index in [9.17, 15) is 0 Å². The van der Waals surface area contributed by atoms with Crippen molar-refractivity contribution in [3.63, 3.8) is 0 Å². The van der Waals surface area contributed by atoms with E-state index in [1.807, 2.05) is 19.2 Å². The third-order valence-electron chi connectivity index (χ3n) is 2.59. The number of hydrogen-bond donors (Lipinski definition) is 2. The van der Waals surface area contributed by atoms with E-state index in [0.29, 0.717) is 6.54 Å². The number of nitrogens with zero attached hydrogens (tertiary/aromatic N) is 1. The molecule has 14 heavy (non-hydrogen) atoms. The Kier molecular flexibility index (Phi) is 2.17. The minimum Gasteiger partial charge on any atom is -0.397 e. The van der Waals surface area contributed by atoms with Crippen LogP contribution in [0.5, 0.6) is 0 Å². The van der Waals surface area contributed by atoms with Gasteiger partial charge in [-0.05, 0) is 25.1 Å². The second kappa shape index (κ2) is 3.35. The van der Waals surface area contributed by atoms with E-state index >= 15 is 0 Å². The number of fused-ring (bicyclic) bond motifs is 1. The van der Waals surface area contributed by atoms with Crippen LogP contribution in [0, 0.1) is 0 Å². The van der Waals surface area contributed by atoms with Gasteiger partial charge in [-0.3, -0.25) is 0 Å². The molecule has 0 aliphatic carbocycles. The molecule has 1 aromatic carbocycles. The van der Waals surface area contributed by atoms with Crippen LogP contribution in [0.4, 0.5) is 5.69 Å². The van der Waals surface area contributed by atoms with Crippen molar-refractivity contribution in [1.29, 1.82) is 0 Å². The predicted octanol–water partition coefficient (Wildman–Crippen LogP) is 1.26. The molecular weight excluding hydrogens is 174 g/mol. The molecule has 0 radical (unpaired) electrons. The zero-order valence-electron chi connectivity index (χ0n) is 8.33. The van der Waals surface area contributed by atoms with Gasteiger partial charge in [-0.15, -0.1) is 0 Å². The number of rotatable bonds is 2. The van der Waals surface area contributed by atoms with Gasteiger partial charge in [0.25, 0.3) is 0 Å².